The molecule has 0 bridgehead atoms. The van der Waals surface area contributed by atoms with Gasteiger partial charge in [-0.15, -0.1) is 0 Å². The Bertz CT molecular complexity index is 976. The number of rotatable bonds is 5. The average molecular weight is 443 g/mol. The van der Waals surface area contributed by atoms with Crippen LogP contribution >= 0.6 is 0 Å². The van der Waals surface area contributed by atoms with Crippen LogP contribution in [0.3, 0.4) is 0 Å². The summed E-state index contributed by atoms with van der Waals surface area (Å²) in [6.45, 7) is 4.46. The maximum absolute atomic E-state index is 13.4. The van der Waals surface area contributed by atoms with Crippen LogP contribution < -0.4 is 16.0 Å². The molecule has 10 heteroatoms. The number of benzene rings is 1. The summed E-state index contributed by atoms with van der Waals surface area (Å²) in [6, 6.07) is 7.36. The van der Waals surface area contributed by atoms with E-state index in [9.17, 15) is 14.4 Å². The van der Waals surface area contributed by atoms with Gasteiger partial charge in [0.05, 0.1) is 12.1 Å². The second-order valence-electron chi connectivity index (χ2n) is 8.34. The van der Waals surface area contributed by atoms with Gasteiger partial charge in [0.2, 0.25) is 5.91 Å². The number of hydrogen-bond acceptors (Lipinski definition) is 6. The van der Waals surface area contributed by atoms with Crippen LogP contribution in [0, 0.1) is 0 Å². The van der Waals surface area contributed by atoms with Crippen LogP contribution in [0.15, 0.2) is 24.3 Å². The number of nitrogens with one attached hydrogen (secondary N) is 4. The molecule has 0 unspecified atom stereocenters. The molecule has 0 saturated carbocycles. The van der Waals surface area contributed by atoms with Gasteiger partial charge in [0, 0.05) is 24.5 Å². The van der Waals surface area contributed by atoms with E-state index >= 15 is 0 Å². The number of aromatic nitrogens is 2. The smallest absolute Gasteiger partial charge is 0.409 e. The first-order chi connectivity index (χ1) is 15.5. The van der Waals surface area contributed by atoms with E-state index in [2.05, 4.69) is 26.1 Å². The molecule has 2 fully saturated rings. The van der Waals surface area contributed by atoms with Crippen molar-refractivity contribution in [1.29, 1.82) is 0 Å². The van der Waals surface area contributed by atoms with E-state index in [0.717, 1.165) is 10.9 Å². The molecule has 2 aliphatic heterocycles. The first-order valence-electron chi connectivity index (χ1n) is 11.2. The lowest BCUT2D eigenvalue weighted by atomic mass is 9.86. The van der Waals surface area contributed by atoms with Crippen molar-refractivity contribution in [1.82, 2.24) is 31.0 Å². The lowest BCUT2D eigenvalue weighted by molar-refractivity contribution is -0.129. The van der Waals surface area contributed by atoms with Crippen LogP contribution in [0.4, 0.5) is 4.79 Å². The lowest BCUT2D eigenvalue weighted by Crippen LogP contribution is -2.64. The second kappa shape index (κ2) is 9.56. The minimum absolute atomic E-state index is 0.0527. The maximum atomic E-state index is 13.4. The molecule has 2 saturated heterocycles. The number of aromatic amines is 1. The van der Waals surface area contributed by atoms with Crippen molar-refractivity contribution in [3.63, 3.8) is 0 Å². The van der Waals surface area contributed by atoms with E-state index < -0.39 is 5.54 Å². The van der Waals surface area contributed by atoms with E-state index in [0.29, 0.717) is 58.5 Å². The molecular weight excluding hydrogens is 412 g/mol. The molecule has 0 aliphatic carbocycles. The summed E-state index contributed by atoms with van der Waals surface area (Å²) in [7, 11) is 0. The predicted octanol–water partition coefficient (Wildman–Crippen LogP) is 1.15. The number of hydrogen-bond donors (Lipinski definition) is 4. The maximum Gasteiger partial charge on any atom is 0.409 e. The molecule has 0 spiro atoms. The number of carbonyl (C=O) groups is 3. The molecule has 1 aromatic carbocycles. The number of ether oxygens (including phenoxy) is 1. The SMILES string of the molecule is CCOC(=O)N1CCC(NC(=O)C2(NC(=O)c3n[nH]c4ccccc34)CCNCC2)CC1. The molecule has 10 nitrogen and oxygen atoms in total. The highest BCUT2D eigenvalue weighted by molar-refractivity contribution is 6.06. The van der Waals surface area contributed by atoms with Gasteiger partial charge in [-0.2, -0.15) is 5.10 Å². The van der Waals surface area contributed by atoms with Gasteiger partial charge in [0.25, 0.3) is 5.91 Å². The average Bonchev–Trinajstić information content (AvgIpc) is 3.25. The van der Waals surface area contributed by atoms with Crippen LogP contribution in [-0.2, 0) is 9.53 Å². The highest BCUT2D eigenvalue weighted by Gasteiger charge is 2.42. The fraction of sp³-hybridized carbons (Fsp3) is 0.545. The number of H-pyrrole nitrogens is 1. The Balaban J connectivity index is 1.43. The highest BCUT2D eigenvalue weighted by atomic mass is 16.6. The van der Waals surface area contributed by atoms with Crippen molar-refractivity contribution in [3.8, 4) is 0 Å². The molecule has 1 aromatic heterocycles. The number of para-hydroxylation sites is 1. The predicted molar refractivity (Wildman–Crippen MR) is 118 cm³/mol. The molecule has 2 aliphatic rings. The van der Waals surface area contributed by atoms with E-state index in [1.54, 1.807) is 11.8 Å². The van der Waals surface area contributed by atoms with Gasteiger partial charge in [-0.25, -0.2) is 4.79 Å². The Kier molecular flexibility index (Phi) is 6.59. The molecule has 32 heavy (non-hydrogen) atoms. The third-order valence-electron chi connectivity index (χ3n) is 6.29. The number of likely N-dealkylation sites (tertiary alicyclic amines) is 1. The summed E-state index contributed by atoms with van der Waals surface area (Å²) < 4.78 is 5.06. The van der Waals surface area contributed by atoms with E-state index in [1.807, 2.05) is 24.3 Å². The summed E-state index contributed by atoms with van der Waals surface area (Å²) >= 11 is 0. The van der Waals surface area contributed by atoms with E-state index in [4.69, 9.17) is 4.74 Å². The zero-order valence-corrected chi connectivity index (χ0v) is 18.3. The summed E-state index contributed by atoms with van der Waals surface area (Å²) in [5, 5.41) is 17.1. The summed E-state index contributed by atoms with van der Waals surface area (Å²) in [5.41, 5.74) is 0.0598. The van der Waals surface area contributed by atoms with Crippen LogP contribution in [0.2, 0.25) is 0 Å². The van der Waals surface area contributed by atoms with E-state index in [-0.39, 0.29) is 29.6 Å². The largest absolute Gasteiger partial charge is 0.450 e. The van der Waals surface area contributed by atoms with Gasteiger partial charge in [-0.1, -0.05) is 18.2 Å². The molecule has 4 rings (SSSR count). The first kappa shape index (κ1) is 22.1. The Morgan fingerprint density at radius 1 is 1.19 bits per heavy atom. The molecule has 3 heterocycles. The Morgan fingerprint density at radius 3 is 2.62 bits per heavy atom. The quantitative estimate of drug-likeness (QED) is 0.550. The molecule has 2 aromatic rings. The van der Waals surface area contributed by atoms with Crippen LogP contribution in [-0.4, -0.2) is 77.4 Å². The van der Waals surface area contributed by atoms with Crippen molar-refractivity contribution in [2.45, 2.75) is 44.2 Å². The number of amides is 3. The first-order valence-corrected chi connectivity index (χ1v) is 11.2. The monoisotopic (exact) mass is 442 g/mol. The molecule has 0 atom stereocenters. The second-order valence-corrected chi connectivity index (χ2v) is 8.34. The van der Waals surface area contributed by atoms with Crippen LogP contribution in [0.25, 0.3) is 10.9 Å². The molecular formula is C22H30N6O4. The summed E-state index contributed by atoms with van der Waals surface area (Å²) in [6.07, 6.45) is 1.97. The van der Waals surface area contributed by atoms with Crippen molar-refractivity contribution < 1.29 is 19.1 Å². The topological polar surface area (TPSA) is 128 Å². The normalized spacial score (nSPS) is 18.8. The highest BCUT2D eigenvalue weighted by Crippen LogP contribution is 2.23. The van der Waals surface area contributed by atoms with Crippen molar-refractivity contribution in [2.75, 3.05) is 32.8 Å². The number of nitrogens with zero attached hydrogens (tertiary/aromatic N) is 2. The fourth-order valence-electron chi connectivity index (χ4n) is 4.42. The third-order valence-corrected chi connectivity index (χ3v) is 6.29. The fourth-order valence-corrected chi connectivity index (χ4v) is 4.42. The number of carbonyl (C=O) groups excluding carboxylic acids is 3. The van der Waals surface area contributed by atoms with Gasteiger partial charge in [0.15, 0.2) is 5.69 Å². The summed E-state index contributed by atoms with van der Waals surface area (Å²) in [4.78, 5) is 40.1. The van der Waals surface area contributed by atoms with Gasteiger partial charge < -0.3 is 25.6 Å². The van der Waals surface area contributed by atoms with Gasteiger partial charge in [0.1, 0.15) is 5.54 Å². The summed E-state index contributed by atoms with van der Waals surface area (Å²) in [5.74, 6) is -0.543. The van der Waals surface area contributed by atoms with Crippen LogP contribution in [0.1, 0.15) is 43.1 Å². The molecule has 4 N–H and O–H groups in total. The third kappa shape index (κ3) is 4.55. The van der Waals surface area contributed by atoms with E-state index in [1.165, 1.54) is 0 Å². The van der Waals surface area contributed by atoms with Gasteiger partial charge in [-0.3, -0.25) is 14.7 Å². The Morgan fingerprint density at radius 2 is 1.91 bits per heavy atom. The molecule has 3 amide bonds. The van der Waals surface area contributed by atoms with Gasteiger partial charge >= 0.3 is 6.09 Å². The van der Waals surface area contributed by atoms with Crippen molar-refractivity contribution >= 4 is 28.8 Å². The Hall–Kier alpha value is -3.14. The lowest BCUT2D eigenvalue weighted by Gasteiger charge is -2.39. The van der Waals surface area contributed by atoms with Crippen molar-refractivity contribution in [2.24, 2.45) is 0 Å². The van der Waals surface area contributed by atoms with Crippen LogP contribution in [0.5, 0.6) is 0 Å². The van der Waals surface area contributed by atoms with Crippen molar-refractivity contribution in [3.05, 3.63) is 30.0 Å². The Labute approximate surface area is 186 Å². The number of fused-ring (bicyclic) bond motifs is 1. The standard InChI is InChI=1S/C22H30N6O4/c1-2-32-21(31)28-13-7-15(8-14-28)24-20(30)22(9-11-23-12-10-22)25-19(29)18-16-5-3-4-6-17(16)26-27-18/h3-6,15,23H,2,7-14H2,1H3,(H,24,30)(H,25,29)(H,26,27). The zero-order valence-electron chi connectivity index (χ0n) is 18.3. The molecule has 0 radical (unpaired) electrons. The molecule has 172 valence electrons. The number of piperidine rings is 2. The minimum atomic E-state index is -0.999. The van der Waals surface area contributed by atoms with Gasteiger partial charge in [-0.05, 0) is 51.8 Å². The minimum Gasteiger partial charge on any atom is -0.450 e. The zero-order chi connectivity index (χ0) is 22.6.